The van der Waals surface area contributed by atoms with E-state index in [1.54, 1.807) is 12.1 Å². The Morgan fingerprint density at radius 3 is 2.38 bits per heavy atom. The SMILES string of the molecule is COc1cc(/C=C2\C(=O)NC(=O)N(c3cc(C)cc(C)c3)C2=O)cc(Cl)c1OCC(=O)O. The molecule has 2 aromatic rings. The lowest BCUT2D eigenvalue weighted by Crippen LogP contribution is -2.54. The van der Waals surface area contributed by atoms with Crippen LogP contribution < -0.4 is 19.7 Å². The minimum Gasteiger partial charge on any atom is -0.493 e. The fourth-order valence-corrected chi connectivity index (χ4v) is 3.51. The Labute approximate surface area is 188 Å². The molecule has 0 aliphatic carbocycles. The molecule has 166 valence electrons. The summed E-state index contributed by atoms with van der Waals surface area (Å²) in [5.74, 6) is -2.75. The Balaban J connectivity index is 2.02. The predicted octanol–water partition coefficient (Wildman–Crippen LogP) is 3.10. The highest BCUT2D eigenvalue weighted by Crippen LogP contribution is 2.37. The highest BCUT2D eigenvalue weighted by Gasteiger charge is 2.37. The van der Waals surface area contributed by atoms with Gasteiger partial charge in [-0.15, -0.1) is 0 Å². The van der Waals surface area contributed by atoms with Gasteiger partial charge < -0.3 is 14.6 Å². The number of ether oxygens (including phenoxy) is 2. The van der Waals surface area contributed by atoms with Gasteiger partial charge in [0.15, 0.2) is 18.1 Å². The second kappa shape index (κ2) is 9.11. The van der Waals surface area contributed by atoms with Gasteiger partial charge in [0.05, 0.1) is 17.8 Å². The van der Waals surface area contributed by atoms with E-state index in [2.05, 4.69) is 5.32 Å². The summed E-state index contributed by atoms with van der Waals surface area (Å²) >= 11 is 6.19. The molecule has 32 heavy (non-hydrogen) atoms. The minimum absolute atomic E-state index is 0.00480. The Hall–Kier alpha value is -3.85. The van der Waals surface area contributed by atoms with Gasteiger partial charge in [-0.1, -0.05) is 17.7 Å². The Morgan fingerprint density at radius 1 is 1.12 bits per heavy atom. The zero-order valence-electron chi connectivity index (χ0n) is 17.4. The van der Waals surface area contributed by atoms with Crippen LogP contribution in [0.25, 0.3) is 6.08 Å². The molecule has 1 aliphatic heterocycles. The number of anilines is 1. The average molecular weight is 459 g/mol. The topological polar surface area (TPSA) is 122 Å². The summed E-state index contributed by atoms with van der Waals surface area (Å²) in [5, 5.41) is 11.0. The van der Waals surface area contributed by atoms with Crippen LogP contribution in [0.2, 0.25) is 5.02 Å². The fraction of sp³-hybridized carbons (Fsp3) is 0.182. The lowest BCUT2D eigenvalue weighted by Gasteiger charge is -2.27. The molecule has 1 heterocycles. The standard InChI is InChI=1S/C22H19ClN2O7/c1-11-4-12(2)6-14(5-11)25-21(29)15(20(28)24-22(25)30)7-13-8-16(23)19(17(9-13)31-3)32-10-18(26)27/h4-9H,10H2,1-3H3,(H,26,27)(H,24,28,30)/b15-7+. The monoisotopic (exact) mass is 458 g/mol. The van der Waals surface area contributed by atoms with Crippen molar-refractivity contribution in [1.29, 1.82) is 0 Å². The highest BCUT2D eigenvalue weighted by molar-refractivity contribution is 6.39. The maximum Gasteiger partial charge on any atom is 0.341 e. The third-order valence-corrected chi connectivity index (χ3v) is 4.75. The number of methoxy groups -OCH3 is 1. The lowest BCUT2D eigenvalue weighted by molar-refractivity contribution is -0.139. The number of benzene rings is 2. The van der Waals surface area contributed by atoms with Crippen molar-refractivity contribution in [2.24, 2.45) is 0 Å². The summed E-state index contributed by atoms with van der Waals surface area (Å²) in [5.41, 5.74) is 2.04. The van der Waals surface area contributed by atoms with Crippen molar-refractivity contribution in [3.63, 3.8) is 0 Å². The van der Waals surface area contributed by atoms with Crippen LogP contribution in [0.1, 0.15) is 16.7 Å². The van der Waals surface area contributed by atoms with Gasteiger partial charge in [-0.05, 0) is 60.9 Å². The predicted molar refractivity (Wildman–Crippen MR) is 116 cm³/mol. The van der Waals surface area contributed by atoms with Crippen LogP contribution in [-0.2, 0) is 14.4 Å². The van der Waals surface area contributed by atoms with Gasteiger partial charge in [-0.3, -0.25) is 14.9 Å². The second-order valence-electron chi connectivity index (χ2n) is 7.02. The van der Waals surface area contributed by atoms with E-state index in [1.807, 2.05) is 19.9 Å². The Kier molecular flexibility index (Phi) is 6.50. The first-order valence-corrected chi connectivity index (χ1v) is 9.70. The van der Waals surface area contributed by atoms with Crippen LogP contribution in [0.4, 0.5) is 10.5 Å². The van der Waals surface area contributed by atoms with Crippen molar-refractivity contribution in [3.05, 3.63) is 57.6 Å². The van der Waals surface area contributed by atoms with Crippen LogP contribution in [-0.4, -0.2) is 42.6 Å². The first kappa shape index (κ1) is 22.8. The maximum absolute atomic E-state index is 13.1. The summed E-state index contributed by atoms with van der Waals surface area (Å²) in [6, 6.07) is 7.16. The van der Waals surface area contributed by atoms with Crippen molar-refractivity contribution in [1.82, 2.24) is 5.32 Å². The van der Waals surface area contributed by atoms with Gasteiger partial charge in [0.25, 0.3) is 11.8 Å². The number of carboxylic acids is 1. The van der Waals surface area contributed by atoms with Gasteiger partial charge in [-0.25, -0.2) is 14.5 Å². The molecule has 0 unspecified atom stereocenters. The summed E-state index contributed by atoms with van der Waals surface area (Å²) in [6.45, 7) is 3.02. The summed E-state index contributed by atoms with van der Waals surface area (Å²) in [4.78, 5) is 49.5. The highest BCUT2D eigenvalue weighted by atomic mass is 35.5. The van der Waals surface area contributed by atoms with Gasteiger partial charge in [0, 0.05) is 0 Å². The molecule has 2 aromatic carbocycles. The molecule has 10 heteroatoms. The number of halogens is 1. The third-order valence-electron chi connectivity index (χ3n) is 4.47. The molecule has 0 spiro atoms. The number of rotatable bonds is 6. The van der Waals surface area contributed by atoms with Crippen LogP contribution in [0.5, 0.6) is 11.5 Å². The van der Waals surface area contributed by atoms with E-state index in [4.69, 9.17) is 26.2 Å². The summed E-state index contributed by atoms with van der Waals surface area (Å²) in [6.07, 6.45) is 1.26. The van der Waals surface area contributed by atoms with Gasteiger partial charge in [0.2, 0.25) is 0 Å². The van der Waals surface area contributed by atoms with Crippen LogP contribution >= 0.6 is 11.6 Å². The van der Waals surface area contributed by atoms with Crippen molar-refractivity contribution in [2.45, 2.75) is 13.8 Å². The van der Waals surface area contributed by atoms with Crippen LogP contribution in [0.3, 0.4) is 0 Å². The molecule has 4 amide bonds. The number of hydrogen-bond acceptors (Lipinski definition) is 6. The number of hydrogen-bond donors (Lipinski definition) is 2. The van der Waals surface area contributed by atoms with E-state index in [9.17, 15) is 19.2 Å². The summed E-state index contributed by atoms with van der Waals surface area (Å²) in [7, 11) is 1.33. The number of nitrogens with one attached hydrogen (secondary N) is 1. The normalized spacial score (nSPS) is 15.1. The molecule has 0 atom stereocenters. The van der Waals surface area contributed by atoms with Crippen molar-refractivity contribution >= 4 is 47.2 Å². The maximum atomic E-state index is 13.1. The molecule has 1 saturated heterocycles. The molecule has 0 saturated carbocycles. The van der Waals surface area contributed by atoms with E-state index in [1.165, 1.54) is 25.3 Å². The molecule has 0 radical (unpaired) electrons. The Morgan fingerprint density at radius 2 is 1.78 bits per heavy atom. The van der Waals surface area contributed by atoms with E-state index >= 15 is 0 Å². The van der Waals surface area contributed by atoms with E-state index in [0.717, 1.165) is 16.0 Å². The summed E-state index contributed by atoms with van der Waals surface area (Å²) < 4.78 is 10.3. The van der Waals surface area contributed by atoms with E-state index in [0.29, 0.717) is 11.3 Å². The zero-order valence-corrected chi connectivity index (χ0v) is 18.1. The van der Waals surface area contributed by atoms with Crippen molar-refractivity contribution in [2.75, 3.05) is 18.6 Å². The molecular weight excluding hydrogens is 440 g/mol. The lowest BCUT2D eigenvalue weighted by atomic mass is 10.0. The molecule has 9 nitrogen and oxygen atoms in total. The average Bonchev–Trinajstić information content (AvgIpc) is 2.68. The number of aryl methyl sites for hydroxylation is 2. The molecule has 1 fully saturated rings. The fourth-order valence-electron chi connectivity index (χ4n) is 3.24. The third kappa shape index (κ3) is 4.73. The van der Waals surface area contributed by atoms with Crippen LogP contribution in [0.15, 0.2) is 35.9 Å². The van der Waals surface area contributed by atoms with Gasteiger partial charge in [-0.2, -0.15) is 0 Å². The van der Waals surface area contributed by atoms with Gasteiger partial charge in [0.1, 0.15) is 5.57 Å². The molecular formula is C22H19ClN2O7. The molecule has 3 rings (SSSR count). The molecule has 0 bridgehead atoms. The number of imide groups is 2. The number of carbonyl (C=O) groups is 4. The smallest absolute Gasteiger partial charge is 0.341 e. The Bertz CT molecular complexity index is 1150. The number of barbiturate groups is 1. The zero-order chi connectivity index (χ0) is 23.6. The number of carboxylic acid groups (broad SMARTS) is 1. The quantitative estimate of drug-likeness (QED) is 0.503. The molecule has 2 N–H and O–H groups in total. The molecule has 0 aromatic heterocycles. The first-order chi connectivity index (χ1) is 15.1. The largest absolute Gasteiger partial charge is 0.493 e. The van der Waals surface area contributed by atoms with Crippen molar-refractivity contribution in [3.8, 4) is 11.5 Å². The number of nitrogens with zero attached hydrogens (tertiary/aromatic N) is 1. The number of amides is 4. The first-order valence-electron chi connectivity index (χ1n) is 9.32. The molecule has 1 aliphatic rings. The second-order valence-corrected chi connectivity index (χ2v) is 7.43. The number of urea groups is 1. The van der Waals surface area contributed by atoms with Crippen molar-refractivity contribution < 1.29 is 33.8 Å². The van der Waals surface area contributed by atoms with Gasteiger partial charge >= 0.3 is 12.0 Å². The minimum atomic E-state index is -1.20. The number of aliphatic carboxylic acids is 1. The van der Waals surface area contributed by atoms with E-state index < -0.39 is 30.4 Å². The number of carbonyl (C=O) groups excluding carboxylic acids is 3. The van der Waals surface area contributed by atoms with E-state index in [-0.39, 0.29) is 22.1 Å². The van der Waals surface area contributed by atoms with Crippen LogP contribution in [0, 0.1) is 13.8 Å².